The maximum absolute atomic E-state index is 13.4. The fraction of sp³-hybridized carbons (Fsp3) is 0.385. The van der Waals surface area contributed by atoms with Crippen LogP contribution in [-0.2, 0) is 6.42 Å². The third kappa shape index (κ3) is 3.74. The molecule has 0 saturated carbocycles. The Balaban J connectivity index is 2.75. The van der Waals surface area contributed by atoms with Crippen molar-refractivity contribution >= 4 is 0 Å². The first-order valence-electron chi connectivity index (χ1n) is 5.45. The van der Waals surface area contributed by atoms with Gasteiger partial charge in [0.2, 0.25) is 0 Å². The van der Waals surface area contributed by atoms with Crippen LogP contribution in [0.2, 0.25) is 0 Å². The predicted molar refractivity (Wildman–Crippen MR) is 62.3 cm³/mol. The molecule has 1 N–H and O–H groups in total. The van der Waals surface area contributed by atoms with Crippen molar-refractivity contribution in [2.45, 2.75) is 25.8 Å². The lowest BCUT2D eigenvalue weighted by molar-refractivity contribution is 0.508. The van der Waals surface area contributed by atoms with Crippen LogP contribution in [0.5, 0.6) is 0 Å². The molecule has 0 spiro atoms. The van der Waals surface area contributed by atoms with Crippen molar-refractivity contribution in [2.24, 2.45) is 0 Å². The first-order chi connectivity index (χ1) is 7.67. The fourth-order valence-electron chi connectivity index (χ4n) is 1.69. The van der Waals surface area contributed by atoms with Gasteiger partial charge in [-0.2, -0.15) is 0 Å². The van der Waals surface area contributed by atoms with Crippen molar-refractivity contribution < 1.29 is 8.78 Å². The molecule has 3 heteroatoms. The van der Waals surface area contributed by atoms with Crippen LogP contribution >= 0.6 is 0 Å². The van der Waals surface area contributed by atoms with Gasteiger partial charge in [0.15, 0.2) is 0 Å². The van der Waals surface area contributed by atoms with E-state index in [0.29, 0.717) is 12.0 Å². The molecule has 0 bridgehead atoms. The topological polar surface area (TPSA) is 12.0 Å². The van der Waals surface area contributed by atoms with Crippen LogP contribution in [0.25, 0.3) is 0 Å². The van der Waals surface area contributed by atoms with Gasteiger partial charge in [0.25, 0.3) is 0 Å². The van der Waals surface area contributed by atoms with Crippen LogP contribution in [0.1, 0.15) is 18.9 Å². The largest absolute Gasteiger partial charge is 0.314 e. The zero-order valence-corrected chi connectivity index (χ0v) is 9.47. The summed E-state index contributed by atoms with van der Waals surface area (Å²) in [6.07, 6.45) is 3.00. The van der Waals surface area contributed by atoms with Crippen LogP contribution in [0, 0.1) is 11.6 Å². The van der Waals surface area contributed by atoms with Gasteiger partial charge in [0, 0.05) is 6.04 Å². The van der Waals surface area contributed by atoms with E-state index in [-0.39, 0.29) is 11.9 Å². The third-order valence-corrected chi connectivity index (χ3v) is 2.42. The van der Waals surface area contributed by atoms with Gasteiger partial charge in [-0.3, -0.25) is 0 Å². The highest BCUT2D eigenvalue weighted by Crippen LogP contribution is 2.13. The highest BCUT2D eigenvalue weighted by molar-refractivity contribution is 5.20. The minimum absolute atomic E-state index is 0.110. The van der Waals surface area contributed by atoms with Crippen molar-refractivity contribution in [2.75, 3.05) is 6.54 Å². The van der Waals surface area contributed by atoms with Crippen molar-refractivity contribution in [1.82, 2.24) is 5.32 Å². The molecular formula is C13H17F2N. The minimum atomic E-state index is -0.398. The molecule has 0 heterocycles. The van der Waals surface area contributed by atoms with E-state index in [1.54, 1.807) is 6.08 Å². The Labute approximate surface area is 95.2 Å². The molecule has 0 radical (unpaired) electrons. The summed E-state index contributed by atoms with van der Waals surface area (Å²) >= 11 is 0. The van der Waals surface area contributed by atoms with Crippen molar-refractivity contribution in [1.29, 1.82) is 0 Å². The van der Waals surface area contributed by atoms with Crippen LogP contribution in [0.15, 0.2) is 30.9 Å². The normalized spacial score (nSPS) is 12.4. The molecule has 1 nitrogen and oxygen atoms in total. The monoisotopic (exact) mass is 225 g/mol. The Morgan fingerprint density at radius 1 is 1.44 bits per heavy atom. The second-order valence-corrected chi connectivity index (χ2v) is 3.72. The molecule has 0 saturated heterocycles. The fourth-order valence-corrected chi connectivity index (χ4v) is 1.69. The highest BCUT2D eigenvalue weighted by atomic mass is 19.1. The molecule has 1 aromatic carbocycles. The van der Waals surface area contributed by atoms with E-state index in [2.05, 4.69) is 11.9 Å². The SMILES string of the molecule is C=CCC(Cc1cc(F)ccc1F)NCC. The lowest BCUT2D eigenvalue weighted by Crippen LogP contribution is -2.30. The zero-order valence-electron chi connectivity index (χ0n) is 9.47. The quantitative estimate of drug-likeness (QED) is 0.734. The van der Waals surface area contributed by atoms with Gasteiger partial charge < -0.3 is 5.32 Å². The van der Waals surface area contributed by atoms with Crippen LogP contribution in [0.3, 0.4) is 0 Å². The van der Waals surface area contributed by atoms with Crippen molar-refractivity contribution in [3.63, 3.8) is 0 Å². The minimum Gasteiger partial charge on any atom is -0.314 e. The first kappa shape index (κ1) is 12.8. The Hall–Kier alpha value is -1.22. The first-order valence-corrected chi connectivity index (χ1v) is 5.45. The van der Waals surface area contributed by atoms with Crippen molar-refractivity contribution in [3.8, 4) is 0 Å². The van der Waals surface area contributed by atoms with Crippen molar-refractivity contribution in [3.05, 3.63) is 48.1 Å². The summed E-state index contributed by atoms with van der Waals surface area (Å²) in [6.45, 7) is 6.44. The summed E-state index contributed by atoms with van der Waals surface area (Å²) < 4.78 is 26.4. The predicted octanol–water partition coefficient (Wildman–Crippen LogP) is 3.06. The number of rotatable bonds is 6. The lowest BCUT2D eigenvalue weighted by Gasteiger charge is -2.16. The molecule has 88 valence electrons. The van der Waals surface area contributed by atoms with E-state index >= 15 is 0 Å². The maximum Gasteiger partial charge on any atom is 0.126 e. The van der Waals surface area contributed by atoms with E-state index in [1.807, 2.05) is 6.92 Å². The van der Waals surface area contributed by atoms with E-state index in [9.17, 15) is 8.78 Å². The number of hydrogen-bond acceptors (Lipinski definition) is 1. The Bertz CT molecular complexity index is 350. The molecular weight excluding hydrogens is 208 g/mol. The Morgan fingerprint density at radius 2 is 2.19 bits per heavy atom. The standard InChI is InChI=1S/C13H17F2N/c1-3-5-12(16-4-2)9-10-8-11(14)6-7-13(10)15/h3,6-8,12,16H,1,4-5,9H2,2H3. The molecule has 1 aromatic rings. The van der Waals surface area contributed by atoms with Gasteiger partial charge >= 0.3 is 0 Å². The van der Waals surface area contributed by atoms with Gasteiger partial charge in [-0.05, 0) is 43.1 Å². The van der Waals surface area contributed by atoms with E-state index < -0.39 is 5.82 Å². The van der Waals surface area contributed by atoms with Crippen LogP contribution < -0.4 is 5.32 Å². The summed E-state index contributed by atoms with van der Waals surface area (Å²) in [4.78, 5) is 0. The summed E-state index contributed by atoms with van der Waals surface area (Å²) in [6, 6.07) is 3.66. The summed E-state index contributed by atoms with van der Waals surface area (Å²) in [7, 11) is 0. The molecule has 1 unspecified atom stereocenters. The molecule has 0 aliphatic heterocycles. The molecule has 16 heavy (non-hydrogen) atoms. The molecule has 0 aliphatic rings. The van der Waals surface area contributed by atoms with Gasteiger partial charge in [-0.1, -0.05) is 13.0 Å². The summed E-state index contributed by atoms with van der Waals surface area (Å²) in [5, 5.41) is 3.22. The van der Waals surface area contributed by atoms with Crippen LogP contribution in [-0.4, -0.2) is 12.6 Å². The van der Waals surface area contributed by atoms with Crippen LogP contribution in [0.4, 0.5) is 8.78 Å². The number of halogens is 2. The Morgan fingerprint density at radius 3 is 2.81 bits per heavy atom. The van der Waals surface area contributed by atoms with Gasteiger partial charge in [0.1, 0.15) is 11.6 Å². The average Bonchev–Trinajstić information content (AvgIpc) is 2.24. The van der Waals surface area contributed by atoms with Gasteiger partial charge in [-0.25, -0.2) is 8.78 Å². The molecule has 0 fully saturated rings. The average molecular weight is 225 g/mol. The summed E-state index contributed by atoms with van der Waals surface area (Å²) in [5.74, 6) is -0.751. The summed E-state index contributed by atoms with van der Waals surface area (Å²) in [5.41, 5.74) is 0.410. The van der Waals surface area contributed by atoms with E-state index in [4.69, 9.17) is 0 Å². The Kier molecular flexibility index (Phi) is 5.12. The molecule has 0 aliphatic carbocycles. The lowest BCUT2D eigenvalue weighted by atomic mass is 10.0. The van der Waals surface area contributed by atoms with Gasteiger partial charge in [0.05, 0.1) is 0 Å². The third-order valence-electron chi connectivity index (χ3n) is 2.42. The van der Waals surface area contributed by atoms with E-state index in [0.717, 1.165) is 19.0 Å². The molecule has 0 aromatic heterocycles. The molecule has 1 atom stereocenters. The number of benzene rings is 1. The highest BCUT2D eigenvalue weighted by Gasteiger charge is 2.10. The molecule has 1 rings (SSSR count). The zero-order chi connectivity index (χ0) is 12.0. The smallest absolute Gasteiger partial charge is 0.126 e. The van der Waals surface area contributed by atoms with Gasteiger partial charge in [-0.15, -0.1) is 6.58 Å². The maximum atomic E-state index is 13.4. The number of likely N-dealkylation sites (N-methyl/N-ethyl adjacent to an activating group) is 1. The number of nitrogens with one attached hydrogen (secondary N) is 1. The second-order valence-electron chi connectivity index (χ2n) is 3.72. The van der Waals surface area contributed by atoms with E-state index in [1.165, 1.54) is 12.1 Å². The second kappa shape index (κ2) is 6.38. The number of hydrogen-bond donors (Lipinski definition) is 1. The molecule has 0 amide bonds.